The molecule has 3 nitrogen and oxygen atoms in total. The molecule has 8 aromatic carbocycles. The van der Waals surface area contributed by atoms with E-state index in [0.717, 1.165) is 55.6 Å². The average molecular weight is 651 g/mol. The highest BCUT2D eigenvalue weighted by Gasteiger charge is 2.17. The fraction of sp³-hybridized carbons (Fsp3) is 0. The SMILES string of the molecule is c1cc(-c2cc(-n3c4ccccc4c4ccccc43)cc(-n3c4ccccc4c4ccccc43)c2)cc(-c2ccc3c(c2)oc2ccccc23)c1. The first-order valence-corrected chi connectivity index (χ1v) is 17.4. The van der Waals surface area contributed by atoms with Gasteiger partial charge in [0.05, 0.1) is 22.1 Å². The third kappa shape index (κ3) is 4.25. The number of nitrogens with zero attached hydrogens (tertiary/aromatic N) is 2. The third-order valence-corrected chi connectivity index (χ3v) is 10.5. The molecule has 238 valence electrons. The molecule has 0 amide bonds. The molecule has 0 aliphatic heterocycles. The van der Waals surface area contributed by atoms with Crippen LogP contribution in [0.5, 0.6) is 0 Å². The molecule has 0 bridgehead atoms. The molecule has 0 fully saturated rings. The molecular weight excluding hydrogens is 621 g/mol. The van der Waals surface area contributed by atoms with E-state index in [1.165, 1.54) is 43.6 Å². The molecule has 11 rings (SSSR count). The third-order valence-electron chi connectivity index (χ3n) is 10.5. The molecule has 0 aliphatic rings. The van der Waals surface area contributed by atoms with Crippen LogP contribution in [0.1, 0.15) is 0 Å². The van der Waals surface area contributed by atoms with Crippen molar-refractivity contribution in [3.05, 3.63) is 182 Å². The van der Waals surface area contributed by atoms with Crippen molar-refractivity contribution >= 4 is 65.6 Å². The van der Waals surface area contributed by atoms with E-state index < -0.39 is 0 Å². The van der Waals surface area contributed by atoms with Gasteiger partial charge < -0.3 is 13.6 Å². The molecule has 3 heterocycles. The summed E-state index contributed by atoms with van der Waals surface area (Å²) >= 11 is 0. The van der Waals surface area contributed by atoms with Gasteiger partial charge in [-0.1, -0.05) is 115 Å². The lowest BCUT2D eigenvalue weighted by Crippen LogP contribution is -2.00. The zero-order valence-corrected chi connectivity index (χ0v) is 27.6. The monoisotopic (exact) mass is 650 g/mol. The number of fused-ring (bicyclic) bond motifs is 9. The molecule has 0 N–H and O–H groups in total. The zero-order chi connectivity index (χ0) is 33.5. The fourth-order valence-electron chi connectivity index (χ4n) is 8.21. The van der Waals surface area contributed by atoms with Gasteiger partial charge in [0.1, 0.15) is 11.2 Å². The maximum atomic E-state index is 6.28. The second kappa shape index (κ2) is 10.8. The van der Waals surface area contributed by atoms with Crippen LogP contribution in [0.25, 0.3) is 99.2 Å². The van der Waals surface area contributed by atoms with Crippen LogP contribution in [0.2, 0.25) is 0 Å². The summed E-state index contributed by atoms with van der Waals surface area (Å²) in [6.07, 6.45) is 0. The molecular formula is C48H30N2O. The van der Waals surface area contributed by atoms with Gasteiger partial charge in [-0.05, 0) is 89.0 Å². The molecule has 0 unspecified atom stereocenters. The largest absolute Gasteiger partial charge is 0.456 e. The van der Waals surface area contributed by atoms with Crippen molar-refractivity contribution < 1.29 is 4.42 Å². The summed E-state index contributed by atoms with van der Waals surface area (Å²) in [6.45, 7) is 0. The number of hydrogen-bond acceptors (Lipinski definition) is 1. The molecule has 3 aromatic heterocycles. The van der Waals surface area contributed by atoms with Crippen molar-refractivity contribution in [2.75, 3.05) is 0 Å². The lowest BCUT2D eigenvalue weighted by Gasteiger charge is -2.16. The summed E-state index contributed by atoms with van der Waals surface area (Å²) < 4.78 is 11.1. The Labute approximate surface area is 293 Å². The Kier molecular flexibility index (Phi) is 5.96. The highest BCUT2D eigenvalue weighted by Crippen LogP contribution is 2.39. The van der Waals surface area contributed by atoms with Crippen molar-refractivity contribution in [1.29, 1.82) is 0 Å². The van der Waals surface area contributed by atoms with E-state index in [0.29, 0.717) is 0 Å². The Bertz CT molecular complexity index is 2920. The quantitative estimate of drug-likeness (QED) is 0.186. The lowest BCUT2D eigenvalue weighted by molar-refractivity contribution is 0.669. The normalized spacial score (nSPS) is 11.9. The van der Waals surface area contributed by atoms with Gasteiger partial charge in [0.15, 0.2) is 0 Å². The van der Waals surface area contributed by atoms with Gasteiger partial charge in [0.2, 0.25) is 0 Å². The van der Waals surface area contributed by atoms with Gasteiger partial charge in [-0.2, -0.15) is 0 Å². The number of rotatable bonds is 4. The predicted octanol–water partition coefficient (Wildman–Crippen LogP) is 13.1. The molecule has 0 spiro atoms. The predicted molar refractivity (Wildman–Crippen MR) is 213 cm³/mol. The molecule has 3 heteroatoms. The minimum Gasteiger partial charge on any atom is -0.456 e. The Morgan fingerprint density at radius 2 is 0.706 bits per heavy atom. The fourth-order valence-corrected chi connectivity index (χ4v) is 8.21. The van der Waals surface area contributed by atoms with Crippen molar-refractivity contribution in [2.24, 2.45) is 0 Å². The standard InChI is InChI=1S/C48H30N2O/c1-6-19-43-37(14-1)38-15-2-7-20-44(38)49(43)35-27-34(28-36(30-35)50-45-21-8-3-16-39(45)40-17-4-9-22-46(40)50)32-13-11-12-31(26-32)33-24-25-42-41-18-5-10-23-47(41)51-48(42)29-33/h1-30H. The summed E-state index contributed by atoms with van der Waals surface area (Å²) in [6, 6.07) is 65.7. The molecule has 0 saturated heterocycles. The highest BCUT2D eigenvalue weighted by molar-refractivity contribution is 6.11. The summed E-state index contributed by atoms with van der Waals surface area (Å²) in [4.78, 5) is 0. The first kappa shape index (κ1) is 28.0. The summed E-state index contributed by atoms with van der Waals surface area (Å²) in [5.41, 5.74) is 13.4. The summed E-state index contributed by atoms with van der Waals surface area (Å²) in [5.74, 6) is 0. The van der Waals surface area contributed by atoms with Crippen LogP contribution in [0.15, 0.2) is 186 Å². The number of furan rings is 1. The van der Waals surface area contributed by atoms with Crippen LogP contribution in [0, 0.1) is 0 Å². The van der Waals surface area contributed by atoms with E-state index in [9.17, 15) is 0 Å². The van der Waals surface area contributed by atoms with Gasteiger partial charge >= 0.3 is 0 Å². The van der Waals surface area contributed by atoms with Crippen molar-refractivity contribution in [2.45, 2.75) is 0 Å². The molecule has 11 aromatic rings. The average Bonchev–Trinajstić information content (AvgIpc) is 3.85. The van der Waals surface area contributed by atoms with Gasteiger partial charge in [-0.3, -0.25) is 0 Å². The number of benzene rings is 8. The second-order valence-electron chi connectivity index (χ2n) is 13.4. The van der Waals surface area contributed by atoms with Crippen LogP contribution < -0.4 is 0 Å². The van der Waals surface area contributed by atoms with Crippen LogP contribution in [-0.2, 0) is 0 Å². The molecule has 51 heavy (non-hydrogen) atoms. The van der Waals surface area contributed by atoms with Crippen LogP contribution in [0.3, 0.4) is 0 Å². The Morgan fingerprint density at radius 1 is 0.275 bits per heavy atom. The van der Waals surface area contributed by atoms with Gasteiger partial charge in [0.25, 0.3) is 0 Å². The second-order valence-corrected chi connectivity index (χ2v) is 13.4. The van der Waals surface area contributed by atoms with Crippen molar-refractivity contribution in [1.82, 2.24) is 9.13 Å². The minimum absolute atomic E-state index is 0.904. The zero-order valence-electron chi connectivity index (χ0n) is 27.6. The van der Waals surface area contributed by atoms with Gasteiger partial charge in [0, 0.05) is 43.7 Å². The Hall–Kier alpha value is -6.84. The number of para-hydroxylation sites is 5. The summed E-state index contributed by atoms with van der Waals surface area (Å²) in [7, 11) is 0. The van der Waals surface area contributed by atoms with Gasteiger partial charge in [-0.15, -0.1) is 0 Å². The number of hydrogen-bond donors (Lipinski definition) is 0. The van der Waals surface area contributed by atoms with E-state index in [-0.39, 0.29) is 0 Å². The van der Waals surface area contributed by atoms with Crippen molar-refractivity contribution in [3.8, 4) is 33.6 Å². The maximum Gasteiger partial charge on any atom is 0.136 e. The smallest absolute Gasteiger partial charge is 0.136 e. The van der Waals surface area contributed by atoms with E-state index in [1.54, 1.807) is 0 Å². The minimum atomic E-state index is 0.904. The molecule has 0 aliphatic carbocycles. The molecule has 0 saturated carbocycles. The topological polar surface area (TPSA) is 23.0 Å². The molecule has 0 radical (unpaired) electrons. The van der Waals surface area contributed by atoms with Crippen molar-refractivity contribution in [3.63, 3.8) is 0 Å². The van der Waals surface area contributed by atoms with Crippen LogP contribution in [0.4, 0.5) is 0 Å². The van der Waals surface area contributed by atoms with Gasteiger partial charge in [-0.25, -0.2) is 0 Å². The Balaban J connectivity index is 1.17. The lowest BCUT2D eigenvalue weighted by atomic mass is 9.97. The van der Waals surface area contributed by atoms with Crippen LogP contribution >= 0.6 is 0 Å². The van der Waals surface area contributed by atoms with E-state index >= 15 is 0 Å². The first-order chi connectivity index (χ1) is 25.3. The summed E-state index contributed by atoms with van der Waals surface area (Å²) in [5, 5.41) is 7.28. The van der Waals surface area contributed by atoms with E-state index in [2.05, 4.69) is 179 Å². The van der Waals surface area contributed by atoms with E-state index in [4.69, 9.17) is 4.42 Å². The highest BCUT2D eigenvalue weighted by atomic mass is 16.3. The maximum absolute atomic E-state index is 6.28. The molecule has 0 atom stereocenters. The van der Waals surface area contributed by atoms with Crippen LogP contribution in [-0.4, -0.2) is 9.13 Å². The number of aromatic nitrogens is 2. The van der Waals surface area contributed by atoms with E-state index in [1.807, 2.05) is 12.1 Å². The Morgan fingerprint density at radius 3 is 1.25 bits per heavy atom. The first-order valence-electron chi connectivity index (χ1n) is 17.4.